The summed E-state index contributed by atoms with van der Waals surface area (Å²) in [4.78, 5) is 0. The van der Waals surface area contributed by atoms with E-state index in [1.54, 1.807) is 6.07 Å². The number of benzene rings is 1. The summed E-state index contributed by atoms with van der Waals surface area (Å²) in [7, 11) is 0. The molecule has 2 N–H and O–H groups in total. The Morgan fingerprint density at radius 3 is 2.81 bits per heavy atom. The highest BCUT2D eigenvalue weighted by Crippen LogP contribution is 2.37. The Hall–Kier alpha value is -1.62. The number of aromatic nitrogens is 4. The third-order valence-corrected chi connectivity index (χ3v) is 2.78. The van der Waals surface area contributed by atoms with Crippen LogP contribution in [0.1, 0.15) is 18.9 Å². The highest BCUT2D eigenvalue weighted by Gasteiger charge is 2.28. The molecule has 5 nitrogen and oxygen atoms in total. The molecule has 1 aliphatic carbocycles. The maximum Gasteiger partial charge on any atom is 0.182 e. The van der Waals surface area contributed by atoms with Gasteiger partial charge < -0.3 is 5.73 Å². The molecule has 0 bridgehead atoms. The van der Waals surface area contributed by atoms with Crippen molar-refractivity contribution >= 4 is 17.3 Å². The van der Waals surface area contributed by atoms with Gasteiger partial charge in [-0.15, -0.1) is 5.10 Å². The molecule has 1 aromatic heterocycles. The average Bonchev–Trinajstić information content (AvgIpc) is 2.94. The number of halogens is 1. The lowest BCUT2D eigenvalue weighted by atomic mass is 10.2. The molecule has 0 unspecified atom stereocenters. The molecule has 3 rings (SSSR count). The summed E-state index contributed by atoms with van der Waals surface area (Å²) in [6, 6.07) is 5.79. The van der Waals surface area contributed by atoms with Crippen molar-refractivity contribution in [2.45, 2.75) is 18.9 Å². The molecule has 0 radical (unpaired) electrons. The van der Waals surface area contributed by atoms with Gasteiger partial charge in [-0.05, 0) is 41.5 Å². The van der Waals surface area contributed by atoms with Crippen LogP contribution in [0.4, 0.5) is 5.69 Å². The maximum absolute atomic E-state index is 5.96. The van der Waals surface area contributed by atoms with Gasteiger partial charge in [-0.3, -0.25) is 0 Å². The second kappa shape index (κ2) is 3.45. The predicted molar refractivity (Wildman–Crippen MR) is 60.9 cm³/mol. The van der Waals surface area contributed by atoms with Gasteiger partial charge in [0.05, 0.1) is 6.04 Å². The maximum atomic E-state index is 5.96. The van der Waals surface area contributed by atoms with Crippen LogP contribution in [-0.4, -0.2) is 20.2 Å². The molecule has 2 aromatic rings. The number of nitrogens with zero attached hydrogens (tertiary/aromatic N) is 4. The molecule has 0 spiro atoms. The number of hydrogen-bond donors (Lipinski definition) is 1. The van der Waals surface area contributed by atoms with Crippen LogP contribution in [0.3, 0.4) is 0 Å². The zero-order valence-corrected chi connectivity index (χ0v) is 9.22. The van der Waals surface area contributed by atoms with E-state index in [4.69, 9.17) is 17.3 Å². The molecule has 1 aromatic carbocycles. The second-order valence-electron chi connectivity index (χ2n) is 3.95. The van der Waals surface area contributed by atoms with E-state index in [2.05, 4.69) is 15.5 Å². The first-order chi connectivity index (χ1) is 7.74. The van der Waals surface area contributed by atoms with E-state index in [1.807, 2.05) is 16.8 Å². The molecule has 0 aliphatic heterocycles. The van der Waals surface area contributed by atoms with Gasteiger partial charge in [0.15, 0.2) is 5.82 Å². The Labute approximate surface area is 97.2 Å². The summed E-state index contributed by atoms with van der Waals surface area (Å²) in [5.41, 5.74) is 7.23. The number of rotatable bonds is 2. The second-order valence-corrected chi connectivity index (χ2v) is 4.39. The molecule has 82 valence electrons. The number of tetrazole rings is 1. The average molecular weight is 236 g/mol. The number of nitrogens with two attached hydrogens (primary N) is 1. The van der Waals surface area contributed by atoms with Crippen LogP contribution in [-0.2, 0) is 0 Å². The van der Waals surface area contributed by atoms with E-state index >= 15 is 0 Å². The Kier molecular flexibility index (Phi) is 2.07. The Balaban J connectivity index is 2.10. The van der Waals surface area contributed by atoms with Gasteiger partial charge in [-0.25, -0.2) is 4.68 Å². The van der Waals surface area contributed by atoms with Crippen LogP contribution in [0.15, 0.2) is 18.2 Å². The molecular formula is C10H10ClN5. The molecular weight excluding hydrogens is 226 g/mol. The summed E-state index contributed by atoms with van der Waals surface area (Å²) in [5, 5.41) is 12.3. The Bertz CT molecular complexity index is 512. The van der Waals surface area contributed by atoms with E-state index in [0.29, 0.717) is 16.8 Å². The Morgan fingerprint density at radius 1 is 1.31 bits per heavy atom. The summed E-state index contributed by atoms with van der Waals surface area (Å²) < 4.78 is 1.84. The minimum atomic E-state index is 0.435. The van der Waals surface area contributed by atoms with Crippen molar-refractivity contribution in [2.75, 3.05) is 5.73 Å². The summed E-state index contributed by atoms with van der Waals surface area (Å²) in [6.07, 6.45) is 2.27. The van der Waals surface area contributed by atoms with Gasteiger partial charge in [0, 0.05) is 16.3 Å². The van der Waals surface area contributed by atoms with Crippen LogP contribution >= 0.6 is 11.6 Å². The summed E-state index contributed by atoms with van der Waals surface area (Å²) in [6.45, 7) is 0. The lowest BCUT2D eigenvalue weighted by molar-refractivity contribution is 0.615. The van der Waals surface area contributed by atoms with Gasteiger partial charge in [0.2, 0.25) is 0 Å². The molecule has 0 saturated heterocycles. The first-order valence-electron chi connectivity index (χ1n) is 5.08. The lowest BCUT2D eigenvalue weighted by Gasteiger charge is -2.04. The normalized spacial score (nSPS) is 15.3. The summed E-state index contributed by atoms with van der Waals surface area (Å²) in [5.74, 6) is 0.733. The van der Waals surface area contributed by atoms with Crippen molar-refractivity contribution in [1.82, 2.24) is 20.2 Å². The molecule has 16 heavy (non-hydrogen) atoms. The fourth-order valence-electron chi connectivity index (χ4n) is 1.69. The van der Waals surface area contributed by atoms with Crippen LogP contribution in [0.5, 0.6) is 0 Å². The van der Waals surface area contributed by atoms with Gasteiger partial charge >= 0.3 is 0 Å². The predicted octanol–water partition coefficient (Wildman–Crippen LogP) is 1.91. The van der Waals surface area contributed by atoms with Crippen molar-refractivity contribution in [3.8, 4) is 11.4 Å². The minimum Gasteiger partial charge on any atom is -0.399 e. The molecule has 1 saturated carbocycles. The largest absolute Gasteiger partial charge is 0.399 e. The SMILES string of the molecule is Nc1cc(Cl)cc(-c2nnnn2C2CC2)c1. The minimum absolute atomic E-state index is 0.435. The topological polar surface area (TPSA) is 69.6 Å². The van der Waals surface area contributed by atoms with Crippen LogP contribution < -0.4 is 5.73 Å². The van der Waals surface area contributed by atoms with E-state index in [0.717, 1.165) is 24.2 Å². The third kappa shape index (κ3) is 1.63. The molecule has 0 amide bonds. The van der Waals surface area contributed by atoms with Gasteiger partial charge in [0.25, 0.3) is 0 Å². The fraction of sp³-hybridized carbons (Fsp3) is 0.300. The molecule has 6 heteroatoms. The van der Waals surface area contributed by atoms with Crippen molar-refractivity contribution in [3.63, 3.8) is 0 Å². The van der Waals surface area contributed by atoms with E-state index < -0.39 is 0 Å². The van der Waals surface area contributed by atoms with E-state index in [-0.39, 0.29) is 0 Å². The Morgan fingerprint density at radius 2 is 2.12 bits per heavy atom. The standard InChI is InChI=1S/C10H10ClN5/c11-7-3-6(4-8(12)5-7)10-13-14-15-16(10)9-1-2-9/h3-5,9H,1-2,12H2. The van der Waals surface area contributed by atoms with Gasteiger partial charge in [-0.1, -0.05) is 11.6 Å². The first kappa shape index (κ1) is 9.59. The van der Waals surface area contributed by atoms with Crippen LogP contribution in [0.2, 0.25) is 5.02 Å². The monoisotopic (exact) mass is 235 g/mol. The quantitative estimate of drug-likeness (QED) is 0.808. The van der Waals surface area contributed by atoms with E-state index in [1.165, 1.54) is 0 Å². The molecule has 1 aliphatic rings. The fourth-order valence-corrected chi connectivity index (χ4v) is 1.93. The van der Waals surface area contributed by atoms with Crippen LogP contribution in [0, 0.1) is 0 Å². The molecule has 1 heterocycles. The summed E-state index contributed by atoms with van der Waals surface area (Å²) >= 11 is 5.96. The van der Waals surface area contributed by atoms with Crippen molar-refractivity contribution < 1.29 is 0 Å². The van der Waals surface area contributed by atoms with Gasteiger partial charge in [-0.2, -0.15) is 0 Å². The highest BCUT2D eigenvalue weighted by molar-refractivity contribution is 6.31. The lowest BCUT2D eigenvalue weighted by Crippen LogP contribution is -2.00. The number of anilines is 1. The van der Waals surface area contributed by atoms with Gasteiger partial charge in [0.1, 0.15) is 0 Å². The zero-order valence-electron chi connectivity index (χ0n) is 8.47. The van der Waals surface area contributed by atoms with Crippen LogP contribution in [0.25, 0.3) is 11.4 Å². The van der Waals surface area contributed by atoms with Crippen molar-refractivity contribution in [2.24, 2.45) is 0 Å². The van der Waals surface area contributed by atoms with Crippen molar-refractivity contribution in [1.29, 1.82) is 0 Å². The first-order valence-corrected chi connectivity index (χ1v) is 5.46. The zero-order chi connectivity index (χ0) is 11.1. The molecule has 1 fully saturated rings. The number of hydrogen-bond acceptors (Lipinski definition) is 4. The third-order valence-electron chi connectivity index (χ3n) is 2.56. The molecule has 0 atom stereocenters. The van der Waals surface area contributed by atoms with E-state index in [9.17, 15) is 0 Å². The smallest absolute Gasteiger partial charge is 0.182 e. The van der Waals surface area contributed by atoms with Crippen molar-refractivity contribution in [3.05, 3.63) is 23.2 Å². The number of nitrogen functional groups attached to an aromatic ring is 1. The highest BCUT2D eigenvalue weighted by atomic mass is 35.5.